The van der Waals surface area contributed by atoms with Crippen molar-refractivity contribution in [3.63, 3.8) is 0 Å². The van der Waals surface area contributed by atoms with Gasteiger partial charge in [0, 0.05) is 0 Å². The summed E-state index contributed by atoms with van der Waals surface area (Å²) in [7, 11) is -4.66. The summed E-state index contributed by atoms with van der Waals surface area (Å²) in [5.41, 5.74) is 6.71. The molecule has 0 saturated carbocycles. The molecule has 22 heavy (non-hydrogen) atoms. The molecule has 2 rings (SSSR count). The summed E-state index contributed by atoms with van der Waals surface area (Å²) in [6.07, 6.45) is 2.69. The number of nitrogens with two attached hydrogens (primary N) is 1. The maximum atomic E-state index is 10.5. The van der Waals surface area contributed by atoms with Gasteiger partial charge in [-0.2, -0.15) is 0 Å². The van der Waals surface area contributed by atoms with Gasteiger partial charge in [0.2, 0.25) is 0 Å². The van der Waals surface area contributed by atoms with E-state index >= 15 is 0 Å². The Labute approximate surface area is 171 Å². The van der Waals surface area contributed by atoms with E-state index in [1.54, 1.807) is 10.9 Å². The predicted molar refractivity (Wildman–Crippen MR) is 67.5 cm³/mol. The average molecular weight is 345 g/mol. The van der Waals surface area contributed by atoms with E-state index < -0.39 is 13.9 Å². The van der Waals surface area contributed by atoms with Crippen molar-refractivity contribution < 1.29 is 78.2 Å². The molecule has 1 atom stereocenters. The number of imidazole rings is 1. The van der Waals surface area contributed by atoms with Gasteiger partial charge in [0.05, 0.1) is 25.3 Å². The molecule has 0 aromatic carbocycles. The Morgan fingerprint density at radius 1 is 1.36 bits per heavy atom. The van der Waals surface area contributed by atoms with E-state index in [9.17, 15) is 14.4 Å². The third kappa shape index (κ3) is 5.83. The number of fused-ring (bicyclic) bond motifs is 1. The van der Waals surface area contributed by atoms with Gasteiger partial charge < -0.3 is 29.4 Å². The molecule has 2 heterocycles. The van der Waals surface area contributed by atoms with Crippen LogP contribution in [0.4, 0.5) is 5.82 Å². The van der Waals surface area contributed by atoms with E-state index in [-0.39, 0.29) is 77.6 Å². The Balaban J connectivity index is 0.00000220. The Bertz CT molecular complexity index is 649. The minimum Gasteiger partial charge on any atom is -0.809 e. The summed E-state index contributed by atoms with van der Waals surface area (Å²) in [5.74, 6) is 0.271. The SMILES string of the molecule is CCC(COCP(=O)([O-])[O-])n1cnc2c(N)ncnc21.[Na+].[Na+]. The van der Waals surface area contributed by atoms with Gasteiger partial charge in [-0.05, 0) is 14.0 Å². The minimum atomic E-state index is -4.66. The molecule has 0 amide bonds. The molecule has 0 aliphatic heterocycles. The Hall–Kier alpha value is 0.460. The Morgan fingerprint density at radius 3 is 2.64 bits per heavy atom. The van der Waals surface area contributed by atoms with E-state index in [0.717, 1.165) is 0 Å². The maximum Gasteiger partial charge on any atom is 1.00 e. The summed E-state index contributed by atoms with van der Waals surface area (Å²) in [6, 6.07) is -0.194. The zero-order valence-corrected chi connectivity index (χ0v) is 17.7. The Kier molecular flexibility index (Phi) is 9.88. The number of hydrogen-bond donors (Lipinski definition) is 1. The van der Waals surface area contributed by atoms with Crippen molar-refractivity contribution >= 4 is 24.6 Å². The summed E-state index contributed by atoms with van der Waals surface area (Å²) >= 11 is 0. The largest absolute Gasteiger partial charge is 1.00 e. The first kappa shape index (κ1) is 22.5. The van der Waals surface area contributed by atoms with Crippen LogP contribution in [0.2, 0.25) is 0 Å². The second kappa shape index (κ2) is 9.68. The molecule has 2 aromatic rings. The maximum absolute atomic E-state index is 10.5. The fraction of sp³-hybridized carbons (Fsp3) is 0.500. The van der Waals surface area contributed by atoms with Crippen LogP contribution in [-0.4, -0.2) is 32.5 Å². The van der Waals surface area contributed by atoms with Crippen molar-refractivity contribution in [1.82, 2.24) is 19.5 Å². The third-order valence-electron chi connectivity index (χ3n) is 2.81. The first-order chi connectivity index (χ1) is 9.42. The van der Waals surface area contributed by atoms with Crippen LogP contribution in [0.25, 0.3) is 11.2 Å². The standard InChI is InChI=1S/C10H16N5O4P.2Na/c1-2-7(3-19-6-20(16,17)18)15-5-14-8-9(11)12-4-13-10(8)15;;/h4-5,7H,2-3,6H2,1H3,(H2,11,12,13)(H2,16,17,18);;/q;2*+1/p-2. The first-order valence-electron chi connectivity index (χ1n) is 5.94. The van der Waals surface area contributed by atoms with Crippen LogP contribution in [0.5, 0.6) is 0 Å². The van der Waals surface area contributed by atoms with Gasteiger partial charge in [-0.1, -0.05) is 6.92 Å². The third-order valence-corrected chi connectivity index (χ3v) is 3.31. The molecular formula is C10H14N5Na2O4P. The number of nitrogen functional groups attached to an aromatic ring is 1. The van der Waals surface area contributed by atoms with E-state index in [1.807, 2.05) is 6.92 Å². The molecule has 2 N–H and O–H groups in total. The molecule has 0 spiro atoms. The average Bonchev–Trinajstić information content (AvgIpc) is 2.79. The van der Waals surface area contributed by atoms with Gasteiger partial charge in [0.1, 0.15) is 11.8 Å². The second-order valence-electron chi connectivity index (χ2n) is 4.26. The summed E-state index contributed by atoms with van der Waals surface area (Å²) in [5, 5.41) is 0. The van der Waals surface area contributed by atoms with Crippen molar-refractivity contribution in [2.24, 2.45) is 0 Å². The van der Waals surface area contributed by atoms with Gasteiger partial charge in [-0.25, -0.2) is 15.0 Å². The van der Waals surface area contributed by atoms with Gasteiger partial charge in [0.15, 0.2) is 11.5 Å². The number of hydrogen-bond acceptors (Lipinski definition) is 8. The second-order valence-corrected chi connectivity index (χ2v) is 5.74. The van der Waals surface area contributed by atoms with Crippen LogP contribution >= 0.6 is 7.60 Å². The topological polar surface area (TPSA) is 142 Å². The molecule has 0 fully saturated rings. The number of ether oxygens (including phenoxy) is 1. The van der Waals surface area contributed by atoms with Crippen LogP contribution in [-0.2, 0) is 9.30 Å². The minimum absolute atomic E-state index is 0. The summed E-state index contributed by atoms with van der Waals surface area (Å²) < 4.78 is 17.2. The zero-order valence-electron chi connectivity index (χ0n) is 12.8. The van der Waals surface area contributed by atoms with Crippen LogP contribution in [0.1, 0.15) is 19.4 Å². The summed E-state index contributed by atoms with van der Waals surface area (Å²) in [4.78, 5) is 33.1. The molecule has 12 heteroatoms. The van der Waals surface area contributed by atoms with Crippen LogP contribution in [0.15, 0.2) is 12.7 Å². The quantitative estimate of drug-likeness (QED) is 0.402. The number of anilines is 1. The van der Waals surface area contributed by atoms with Gasteiger partial charge in [0.25, 0.3) is 0 Å². The van der Waals surface area contributed by atoms with Gasteiger partial charge in [-0.3, -0.25) is 0 Å². The molecule has 0 radical (unpaired) electrons. The fourth-order valence-electron chi connectivity index (χ4n) is 1.83. The van der Waals surface area contributed by atoms with E-state index in [2.05, 4.69) is 15.0 Å². The van der Waals surface area contributed by atoms with Crippen molar-refractivity contribution in [2.45, 2.75) is 19.4 Å². The van der Waals surface area contributed by atoms with Gasteiger partial charge >= 0.3 is 59.1 Å². The molecule has 1 unspecified atom stereocenters. The fourth-order valence-corrected chi connectivity index (χ4v) is 2.16. The van der Waals surface area contributed by atoms with Crippen LogP contribution in [0, 0.1) is 0 Å². The van der Waals surface area contributed by atoms with Crippen molar-refractivity contribution in [2.75, 3.05) is 18.7 Å². The number of nitrogens with zero attached hydrogens (tertiary/aromatic N) is 4. The van der Waals surface area contributed by atoms with E-state index in [0.29, 0.717) is 17.6 Å². The van der Waals surface area contributed by atoms with Crippen LogP contribution < -0.4 is 74.6 Å². The van der Waals surface area contributed by atoms with Crippen molar-refractivity contribution in [3.05, 3.63) is 12.7 Å². The number of aromatic nitrogens is 4. The smallest absolute Gasteiger partial charge is 0.809 e. The molecule has 0 bridgehead atoms. The predicted octanol–water partition coefficient (Wildman–Crippen LogP) is -6.74. The molecule has 0 saturated heterocycles. The molecule has 0 aliphatic rings. The van der Waals surface area contributed by atoms with E-state index in [4.69, 9.17) is 10.5 Å². The normalized spacial score (nSPS) is 12.5. The Morgan fingerprint density at radius 2 is 2.05 bits per heavy atom. The molecule has 0 aliphatic carbocycles. The van der Waals surface area contributed by atoms with E-state index in [1.165, 1.54) is 6.33 Å². The van der Waals surface area contributed by atoms with Crippen LogP contribution in [0.3, 0.4) is 0 Å². The van der Waals surface area contributed by atoms with Crippen molar-refractivity contribution in [3.8, 4) is 0 Å². The summed E-state index contributed by atoms with van der Waals surface area (Å²) in [6.45, 7) is 1.97. The van der Waals surface area contributed by atoms with Gasteiger partial charge in [-0.15, -0.1) is 0 Å². The first-order valence-corrected chi connectivity index (χ1v) is 7.67. The number of rotatable bonds is 6. The monoisotopic (exact) mass is 345 g/mol. The van der Waals surface area contributed by atoms with Crippen molar-refractivity contribution in [1.29, 1.82) is 0 Å². The molecular weight excluding hydrogens is 331 g/mol. The molecule has 9 nitrogen and oxygen atoms in total. The zero-order chi connectivity index (χ0) is 14.8. The molecule has 110 valence electrons. The molecule has 2 aromatic heterocycles.